The molecule has 382 valence electrons. The van der Waals surface area contributed by atoms with Crippen LogP contribution < -0.4 is 0 Å². The predicted octanol–water partition coefficient (Wildman–Crippen LogP) is 6.71. The molecule has 0 bridgehead atoms. The maximum Gasteiger partial charge on any atom is 0.306 e. The molecule has 2 aliphatic heterocycles. The highest BCUT2D eigenvalue weighted by Gasteiger charge is 2.47. The van der Waals surface area contributed by atoms with Crippen molar-refractivity contribution in [2.75, 3.05) is 26.4 Å². The van der Waals surface area contributed by atoms with E-state index in [2.05, 4.69) is 62.5 Å². The van der Waals surface area contributed by atoms with Crippen molar-refractivity contribution in [2.45, 2.75) is 235 Å². The maximum absolute atomic E-state index is 13.0. The Morgan fingerprint density at radius 1 is 0.485 bits per heavy atom. The third-order valence-corrected chi connectivity index (χ3v) is 11.8. The van der Waals surface area contributed by atoms with Gasteiger partial charge in [0.2, 0.25) is 0 Å². The quantitative estimate of drug-likeness (QED) is 0.0194. The number of allylic oxidation sites excluding steroid dienone is 8. The van der Waals surface area contributed by atoms with Crippen molar-refractivity contribution in [3.63, 3.8) is 0 Å². The molecule has 2 heterocycles. The summed E-state index contributed by atoms with van der Waals surface area (Å²) in [5.41, 5.74) is 0. The van der Waals surface area contributed by atoms with Crippen molar-refractivity contribution in [1.82, 2.24) is 0 Å². The van der Waals surface area contributed by atoms with Crippen LogP contribution in [-0.2, 0) is 38.0 Å². The highest BCUT2D eigenvalue weighted by molar-refractivity contribution is 5.70. The summed E-state index contributed by atoms with van der Waals surface area (Å²) in [7, 11) is 0. The number of ether oxygens (including phenoxy) is 6. The number of hydrogen-bond donors (Lipinski definition) is 7. The summed E-state index contributed by atoms with van der Waals surface area (Å²) in [5, 5.41) is 72.0. The lowest BCUT2D eigenvalue weighted by molar-refractivity contribution is -0.332. The summed E-state index contributed by atoms with van der Waals surface area (Å²) < 4.78 is 33.5. The Balaban J connectivity index is 1.84. The molecule has 15 nitrogen and oxygen atoms in total. The molecule has 0 aromatic heterocycles. The number of rotatable bonds is 38. The molecule has 11 atom stereocenters. The van der Waals surface area contributed by atoms with Gasteiger partial charge in [-0.05, 0) is 77.0 Å². The normalized spacial score (nSPS) is 26.6. The van der Waals surface area contributed by atoms with Crippen LogP contribution in [0.15, 0.2) is 48.6 Å². The number of aliphatic hydroxyl groups is 7. The first-order chi connectivity index (χ1) is 32.0. The van der Waals surface area contributed by atoms with Gasteiger partial charge in [-0.2, -0.15) is 0 Å². The monoisotopic (exact) mass is 941 g/mol. The second kappa shape index (κ2) is 38.3. The third kappa shape index (κ3) is 26.3. The predicted molar refractivity (Wildman–Crippen MR) is 252 cm³/mol. The minimum absolute atomic E-state index is 0.145. The largest absolute Gasteiger partial charge is 0.462 e. The van der Waals surface area contributed by atoms with Crippen LogP contribution in [0.1, 0.15) is 168 Å². The molecule has 0 spiro atoms. The molecule has 66 heavy (non-hydrogen) atoms. The lowest BCUT2D eigenvalue weighted by Crippen LogP contribution is -2.61. The fraction of sp³-hybridized carbons (Fsp3) is 0.804. The summed E-state index contributed by atoms with van der Waals surface area (Å²) in [6.45, 7) is 2.49. The smallest absolute Gasteiger partial charge is 0.306 e. The molecule has 2 aliphatic rings. The van der Waals surface area contributed by atoms with Gasteiger partial charge in [0, 0.05) is 12.8 Å². The molecule has 0 aromatic rings. The van der Waals surface area contributed by atoms with Crippen molar-refractivity contribution in [1.29, 1.82) is 0 Å². The molecule has 0 aliphatic carbocycles. The Morgan fingerprint density at radius 3 is 1.41 bits per heavy atom. The molecule has 11 unspecified atom stereocenters. The average molecular weight is 941 g/mol. The zero-order valence-electron chi connectivity index (χ0n) is 40.2. The van der Waals surface area contributed by atoms with E-state index in [-0.39, 0.29) is 19.4 Å². The van der Waals surface area contributed by atoms with Crippen LogP contribution in [0.3, 0.4) is 0 Å². The van der Waals surface area contributed by atoms with E-state index in [0.29, 0.717) is 12.8 Å². The summed E-state index contributed by atoms with van der Waals surface area (Å²) in [6.07, 6.45) is 24.2. The molecular weight excluding hydrogens is 853 g/mol. The van der Waals surface area contributed by atoms with Crippen LogP contribution in [0.5, 0.6) is 0 Å². The van der Waals surface area contributed by atoms with E-state index in [1.165, 1.54) is 38.5 Å². The third-order valence-electron chi connectivity index (χ3n) is 11.8. The van der Waals surface area contributed by atoms with Crippen LogP contribution >= 0.6 is 0 Å². The van der Waals surface area contributed by atoms with Gasteiger partial charge in [-0.1, -0.05) is 127 Å². The summed E-state index contributed by atoms with van der Waals surface area (Å²) >= 11 is 0. The van der Waals surface area contributed by atoms with Crippen LogP contribution in [-0.4, -0.2) is 142 Å². The Morgan fingerprint density at radius 2 is 0.909 bits per heavy atom. The van der Waals surface area contributed by atoms with E-state index in [4.69, 9.17) is 28.4 Å². The minimum atomic E-state index is -1.77. The van der Waals surface area contributed by atoms with Gasteiger partial charge >= 0.3 is 11.9 Å². The van der Waals surface area contributed by atoms with Crippen molar-refractivity contribution < 1.29 is 73.8 Å². The fourth-order valence-electron chi connectivity index (χ4n) is 7.57. The summed E-state index contributed by atoms with van der Waals surface area (Å²) in [5.74, 6) is -0.959. The van der Waals surface area contributed by atoms with Crippen LogP contribution in [0.25, 0.3) is 0 Å². The van der Waals surface area contributed by atoms with Gasteiger partial charge < -0.3 is 64.2 Å². The molecular formula is C51H88O15. The number of esters is 2. The van der Waals surface area contributed by atoms with E-state index in [9.17, 15) is 45.3 Å². The summed E-state index contributed by atoms with van der Waals surface area (Å²) in [4.78, 5) is 25.7. The fourth-order valence-corrected chi connectivity index (χ4v) is 7.57. The van der Waals surface area contributed by atoms with Crippen LogP contribution in [0, 0.1) is 0 Å². The van der Waals surface area contributed by atoms with Gasteiger partial charge in [-0.25, -0.2) is 0 Å². The van der Waals surface area contributed by atoms with Crippen molar-refractivity contribution >= 4 is 11.9 Å². The SMILES string of the molecule is CCCCCC=CCC=CCCCCCCCC(=O)OCC(COC1OC(COC2OC(CO)C(O)C(O)C2O)C(O)C(O)C1O)OC(=O)CCCCCCCC=CCC=CCCCCC. The number of carbonyl (C=O) groups excluding carboxylic acids is 2. The second-order valence-corrected chi connectivity index (χ2v) is 17.6. The molecule has 0 saturated carbocycles. The Labute approximate surface area is 395 Å². The highest BCUT2D eigenvalue weighted by Crippen LogP contribution is 2.26. The lowest BCUT2D eigenvalue weighted by atomic mass is 9.98. The van der Waals surface area contributed by atoms with E-state index in [1.54, 1.807) is 0 Å². The molecule has 2 rings (SSSR count). The van der Waals surface area contributed by atoms with Gasteiger partial charge in [0.1, 0.15) is 55.4 Å². The molecule has 15 heteroatoms. The average Bonchev–Trinajstić information content (AvgIpc) is 3.31. The van der Waals surface area contributed by atoms with Crippen molar-refractivity contribution in [3.8, 4) is 0 Å². The Kier molecular flexibility index (Phi) is 34.6. The molecule has 0 amide bonds. The van der Waals surface area contributed by atoms with Gasteiger partial charge in [0.05, 0.1) is 19.8 Å². The summed E-state index contributed by atoms with van der Waals surface area (Å²) in [6, 6.07) is 0. The van der Waals surface area contributed by atoms with E-state index < -0.39 is 99.3 Å². The van der Waals surface area contributed by atoms with E-state index in [0.717, 1.165) is 89.9 Å². The molecule has 7 N–H and O–H groups in total. The standard InChI is InChI=1S/C51H88O15/c1-3-5-7-9-11-13-15-17-19-21-23-25-27-29-31-33-42(53)61-36-39(64-43(54)34-32-30-28-26-24-22-20-18-16-14-12-10-8-6-4-2)37-62-50-49(60)47(58)45(56)41(66-50)38-63-51-48(59)46(57)44(55)40(35-52)65-51/h11-14,17-20,39-41,44-52,55-60H,3-10,15-16,21-38H2,1-2H3. The number of carbonyl (C=O) groups is 2. The molecule has 2 saturated heterocycles. The zero-order chi connectivity index (χ0) is 48.2. The highest BCUT2D eigenvalue weighted by atomic mass is 16.7. The Bertz CT molecular complexity index is 1340. The van der Waals surface area contributed by atoms with Crippen molar-refractivity contribution in [2.24, 2.45) is 0 Å². The number of hydrogen-bond acceptors (Lipinski definition) is 15. The topological polar surface area (TPSA) is 231 Å². The lowest BCUT2D eigenvalue weighted by Gasteiger charge is -2.42. The van der Waals surface area contributed by atoms with Gasteiger partial charge in [-0.3, -0.25) is 9.59 Å². The first kappa shape index (κ1) is 59.6. The Hall–Kier alpha value is -2.54. The first-order valence-electron chi connectivity index (χ1n) is 25.2. The maximum atomic E-state index is 13.0. The van der Waals surface area contributed by atoms with E-state index >= 15 is 0 Å². The van der Waals surface area contributed by atoms with Gasteiger partial charge in [0.25, 0.3) is 0 Å². The van der Waals surface area contributed by atoms with Gasteiger partial charge in [-0.15, -0.1) is 0 Å². The first-order valence-corrected chi connectivity index (χ1v) is 25.2. The molecule has 0 radical (unpaired) electrons. The molecule has 2 fully saturated rings. The minimum Gasteiger partial charge on any atom is -0.462 e. The van der Waals surface area contributed by atoms with Crippen molar-refractivity contribution in [3.05, 3.63) is 48.6 Å². The van der Waals surface area contributed by atoms with Gasteiger partial charge in [0.15, 0.2) is 18.7 Å². The number of aliphatic hydroxyl groups excluding tert-OH is 7. The zero-order valence-corrected chi connectivity index (χ0v) is 40.2. The second-order valence-electron chi connectivity index (χ2n) is 17.6. The molecule has 0 aromatic carbocycles. The van der Waals surface area contributed by atoms with Crippen LogP contribution in [0.2, 0.25) is 0 Å². The van der Waals surface area contributed by atoms with Crippen LogP contribution in [0.4, 0.5) is 0 Å². The number of unbranched alkanes of at least 4 members (excludes halogenated alkanes) is 16. The van der Waals surface area contributed by atoms with E-state index in [1.807, 2.05) is 0 Å².